The van der Waals surface area contributed by atoms with Gasteiger partial charge in [0.25, 0.3) is 11.8 Å². The molecule has 0 aliphatic carbocycles. The van der Waals surface area contributed by atoms with Crippen molar-refractivity contribution in [1.29, 1.82) is 0 Å². The first-order valence-corrected chi connectivity index (χ1v) is 12.9. The second-order valence-corrected chi connectivity index (χ2v) is 11.1. The topological polar surface area (TPSA) is 94.2 Å². The first-order valence-electron chi connectivity index (χ1n) is 11.7. The number of benzene rings is 2. The van der Waals surface area contributed by atoms with E-state index in [2.05, 4.69) is 5.32 Å². The van der Waals surface area contributed by atoms with Crippen LogP contribution in [0.1, 0.15) is 37.5 Å². The number of amides is 2. The fourth-order valence-electron chi connectivity index (χ4n) is 4.92. The summed E-state index contributed by atoms with van der Waals surface area (Å²) in [5.41, 5.74) is 3.25. The minimum atomic E-state index is -0.619. The molecule has 8 nitrogen and oxygen atoms in total. The van der Waals surface area contributed by atoms with Gasteiger partial charge in [0, 0.05) is 17.2 Å². The third kappa shape index (κ3) is 4.29. The summed E-state index contributed by atoms with van der Waals surface area (Å²) in [6, 6.07) is 8.64. The molecule has 0 saturated carbocycles. The van der Waals surface area contributed by atoms with Gasteiger partial charge in [-0.25, -0.2) is 4.79 Å². The third-order valence-electron chi connectivity index (χ3n) is 6.45. The number of carbonyl (C=O) groups is 3. The molecule has 1 N–H and O–H groups in total. The van der Waals surface area contributed by atoms with Crippen LogP contribution in [0.4, 0.5) is 5.69 Å². The van der Waals surface area contributed by atoms with E-state index in [1.165, 1.54) is 13.2 Å². The van der Waals surface area contributed by atoms with Gasteiger partial charge in [0.2, 0.25) is 0 Å². The van der Waals surface area contributed by atoms with Crippen molar-refractivity contribution >= 4 is 69.0 Å². The lowest BCUT2D eigenvalue weighted by Crippen LogP contribution is -2.46. The molecule has 1 fully saturated rings. The molecule has 10 heteroatoms. The van der Waals surface area contributed by atoms with Crippen LogP contribution in [-0.2, 0) is 14.4 Å². The average Bonchev–Trinajstić information content (AvgIpc) is 3.35. The predicted molar refractivity (Wildman–Crippen MR) is 151 cm³/mol. The summed E-state index contributed by atoms with van der Waals surface area (Å²) in [4.78, 5) is 41.0. The molecule has 0 bridgehead atoms. The summed E-state index contributed by atoms with van der Waals surface area (Å²) in [5.74, 6) is 0.0540. The number of allylic oxidation sites excluding steroid dienone is 1. The summed E-state index contributed by atoms with van der Waals surface area (Å²) in [5, 5.41) is 2.58. The molecule has 2 aromatic rings. The van der Waals surface area contributed by atoms with Crippen molar-refractivity contribution in [2.75, 3.05) is 19.1 Å². The third-order valence-corrected chi connectivity index (χ3v) is 7.68. The summed E-state index contributed by atoms with van der Waals surface area (Å²) in [6.45, 7) is 5.82. The molecule has 0 aromatic heterocycles. The van der Waals surface area contributed by atoms with E-state index < -0.39 is 17.4 Å². The smallest absolute Gasteiger partial charge is 0.336 e. The van der Waals surface area contributed by atoms with Gasteiger partial charge in [-0.1, -0.05) is 36.1 Å². The molecule has 0 spiro atoms. The standard InChI is InChI=1S/C28H24N2O6S2/c1-14-13-28(2,3)30-23-17(14)11-16(12-18(23)22(26(30)33)24-25(32)29-27(37)38-24)36-21(31)9-7-15-6-8-19(34-4)20(10-15)35-5/h6-13H,1-5H3,(H,29,32,37)/b9-7+,24-22-. The van der Waals surface area contributed by atoms with Gasteiger partial charge < -0.3 is 19.5 Å². The maximum absolute atomic E-state index is 13.7. The van der Waals surface area contributed by atoms with E-state index in [1.54, 1.807) is 48.4 Å². The fraction of sp³-hybridized carbons (Fsp3) is 0.214. The molecule has 3 heterocycles. The molecule has 2 aromatic carbocycles. The summed E-state index contributed by atoms with van der Waals surface area (Å²) >= 11 is 6.21. The fourth-order valence-corrected chi connectivity index (χ4v) is 6.03. The molecule has 0 unspecified atom stereocenters. The van der Waals surface area contributed by atoms with Crippen molar-refractivity contribution in [3.63, 3.8) is 0 Å². The molecular formula is C28H24N2O6S2. The second kappa shape index (κ2) is 9.45. The van der Waals surface area contributed by atoms with Crippen LogP contribution in [0.3, 0.4) is 0 Å². The van der Waals surface area contributed by atoms with E-state index in [0.29, 0.717) is 22.7 Å². The number of ether oxygens (including phenoxy) is 3. The van der Waals surface area contributed by atoms with Gasteiger partial charge in [-0.15, -0.1) is 0 Å². The van der Waals surface area contributed by atoms with Crippen molar-refractivity contribution in [3.8, 4) is 17.2 Å². The van der Waals surface area contributed by atoms with Crippen LogP contribution in [-0.4, -0.2) is 41.9 Å². The number of carbonyl (C=O) groups excluding carboxylic acids is 3. The van der Waals surface area contributed by atoms with Crippen LogP contribution in [0.15, 0.2) is 47.4 Å². The van der Waals surface area contributed by atoms with E-state index in [9.17, 15) is 14.4 Å². The van der Waals surface area contributed by atoms with Crippen molar-refractivity contribution < 1.29 is 28.6 Å². The number of hydrogen-bond acceptors (Lipinski definition) is 8. The Bertz CT molecular complexity index is 1540. The van der Waals surface area contributed by atoms with Crippen LogP contribution in [0.25, 0.3) is 17.2 Å². The van der Waals surface area contributed by atoms with Gasteiger partial charge in [0.05, 0.1) is 35.9 Å². The Labute approximate surface area is 229 Å². The number of thioether (sulfide) groups is 1. The SMILES string of the molecule is COc1ccc(/C=C/C(=O)Oc2cc3c4c(c2)/C(=C2/SC(=S)NC2=O)C(=O)N4C(C)(C)C=C3C)cc1OC. The molecule has 3 aliphatic rings. The zero-order chi connectivity index (χ0) is 27.4. The molecule has 194 valence electrons. The first kappa shape index (κ1) is 25.7. The predicted octanol–water partition coefficient (Wildman–Crippen LogP) is 4.72. The van der Waals surface area contributed by atoms with Crippen molar-refractivity contribution in [2.24, 2.45) is 0 Å². The number of rotatable bonds is 5. The number of methoxy groups -OCH3 is 2. The Hall–Kier alpha value is -3.89. The maximum Gasteiger partial charge on any atom is 0.336 e. The van der Waals surface area contributed by atoms with E-state index in [0.717, 1.165) is 28.5 Å². The summed E-state index contributed by atoms with van der Waals surface area (Å²) < 4.78 is 16.5. The Morgan fingerprint density at radius 1 is 1.08 bits per heavy atom. The highest BCUT2D eigenvalue weighted by atomic mass is 32.2. The zero-order valence-electron chi connectivity index (χ0n) is 21.3. The largest absolute Gasteiger partial charge is 0.493 e. The van der Waals surface area contributed by atoms with Crippen molar-refractivity contribution in [3.05, 3.63) is 64.1 Å². The van der Waals surface area contributed by atoms with Gasteiger partial charge in [0.1, 0.15) is 10.1 Å². The molecule has 38 heavy (non-hydrogen) atoms. The monoisotopic (exact) mass is 548 g/mol. The number of esters is 1. The number of hydrogen-bond donors (Lipinski definition) is 1. The van der Waals surface area contributed by atoms with Crippen LogP contribution < -0.4 is 24.4 Å². The zero-order valence-corrected chi connectivity index (χ0v) is 23.0. The van der Waals surface area contributed by atoms with Crippen LogP contribution in [0.2, 0.25) is 0 Å². The average molecular weight is 549 g/mol. The van der Waals surface area contributed by atoms with Gasteiger partial charge in [0.15, 0.2) is 11.5 Å². The molecule has 0 atom stereocenters. The number of thiocarbonyl (C=S) groups is 1. The highest BCUT2D eigenvalue weighted by Gasteiger charge is 2.47. The lowest BCUT2D eigenvalue weighted by atomic mass is 9.89. The Morgan fingerprint density at radius 2 is 1.79 bits per heavy atom. The molecule has 3 aliphatic heterocycles. The lowest BCUT2D eigenvalue weighted by Gasteiger charge is -2.38. The van der Waals surface area contributed by atoms with E-state index >= 15 is 0 Å². The van der Waals surface area contributed by atoms with Crippen molar-refractivity contribution in [1.82, 2.24) is 5.32 Å². The Kier molecular flexibility index (Phi) is 6.40. The quantitative estimate of drug-likeness (QED) is 0.248. The van der Waals surface area contributed by atoms with E-state index in [-0.39, 0.29) is 26.5 Å². The molecule has 0 radical (unpaired) electrons. The number of nitrogens with zero attached hydrogens (tertiary/aromatic N) is 1. The molecule has 1 saturated heterocycles. The van der Waals surface area contributed by atoms with Crippen molar-refractivity contribution in [2.45, 2.75) is 26.3 Å². The summed E-state index contributed by atoms with van der Waals surface area (Å²) in [7, 11) is 3.08. The summed E-state index contributed by atoms with van der Waals surface area (Å²) in [6.07, 6.45) is 4.90. The van der Waals surface area contributed by atoms with E-state index in [4.69, 9.17) is 26.4 Å². The highest BCUT2D eigenvalue weighted by molar-refractivity contribution is 8.27. The lowest BCUT2D eigenvalue weighted by molar-refractivity contribution is -0.129. The molecule has 2 amide bonds. The van der Waals surface area contributed by atoms with Crippen LogP contribution >= 0.6 is 24.0 Å². The van der Waals surface area contributed by atoms with E-state index in [1.807, 2.05) is 26.8 Å². The maximum atomic E-state index is 13.7. The van der Waals surface area contributed by atoms with Gasteiger partial charge in [-0.05, 0) is 62.2 Å². The minimum Gasteiger partial charge on any atom is -0.493 e. The van der Waals surface area contributed by atoms with Gasteiger partial charge in [-0.3, -0.25) is 14.5 Å². The van der Waals surface area contributed by atoms with Crippen LogP contribution in [0, 0.1) is 0 Å². The number of anilines is 1. The number of nitrogens with one attached hydrogen (secondary N) is 1. The Balaban J connectivity index is 1.53. The van der Waals surface area contributed by atoms with Crippen LogP contribution in [0.5, 0.6) is 17.2 Å². The second-order valence-electron chi connectivity index (χ2n) is 9.41. The minimum absolute atomic E-state index is 0.238. The van der Waals surface area contributed by atoms with Gasteiger partial charge >= 0.3 is 5.97 Å². The molecular weight excluding hydrogens is 524 g/mol. The van der Waals surface area contributed by atoms with Gasteiger partial charge in [-0.2, -0.15) is 0 Å². The normalized spacial score (nSPS) is 19.4. The highest BCUT2D eigenvalue weighted by Crippen LogP contribution is 2.52. The first-order chi connectivity index (χ1) is 18.0. The Morgan fingerprint density at radius 3 is 2.45 bits per heavy atom. The molecule has 5 rings (SSSR count).